The van der Waals surface area contributed by atoms with Crippen LogP contribution in [0, 0.1) is 6.20 Å². The Morgan fingerprint density at radius 3 is 2.68 bits per heavy atom. The lowest BCUT2D eigenvalue weighted by Crippen LogP contribution is -2.06. The summed E-state index contributed by atoms with van der Waals surface area (Å²) in [5, 5.41) is -0.348. The Labute approximate surface area is 129 Å². The highest BCUT2D eigenvalue weighted by Crippen LogP contribution is 2.37. The maximum atomic E-state index is 13.0. The van der Waals surface area contributed by atoms with Gasteiger partial charge in [-0.15, -0.1) is 0 Å². The van der Waals surface area contributed by atoms with Crippen LogP contribution in [0.15, 0.2) is 30.5 Å². The fourth-order valence-electron chi connectivity index (χ4n) is 2.33. The molecule has 0 N–H and O–H groups in total. The number of imidazole rings is 1. The van der Waals surface area contributed by atoms with Crippen molar-refractivity contribution < 1.29 is 13.2 Å². The first kappa shape index (κ1) is 14.8. The van der Waals surface area contributed by atoms with Crippen molar-refractivity contribution in [1.29, 1.82) is 0 Å². The molecule has 3 rings (SSSR count). The van der Waals surface area contributed by atoms with E-state index in [2.05, 4.69) is 16.2 Å². The summed E-state index contributed by atoms with van der Waals surface area (Å²) >= 11 is 5.82. The van der Waals surface area contributed by atoms with Gasteiger partial charge in [0.05, 0.1) is 39.7 Å². The lowest BCUT2D eigenvalue weighted by molar-refractivity contribution is -0.137. The zero-order valence-electron chi connectivity index (χ0n) is 11.4. The first-order valence-electron chi connectivity index (χ1n) is 6.52. The molecule has 22 heavy (non-hydrogen) atoms. The van der Waals surface area contributed by atoms with Gasteiger partial charge in [0.2, 0.25) is 0 Å². The second-order valence-electron chi connectivity index (χ2n) is 4.68. The molecule has 1 aromatic carbocycles. The first-order chi connectivity index (χ1) is 10.4. The lowest BCUT2D eigenvalue weighted by Gasteiger charge is -2.10. The third-order valence-electron chi connectivity index (χ3n) is 3.29. The number of pyridine rings is 1. The van der Waals surface area contributed by atoms with Crippen LogP contribution in [0.2, 0.25) is 5.02 Å². The topological polar surface area (TPSA) is 30.7 Å². The second-order valence-corrected chi connectivity index (χ2v) is 5.09. The van der Waals surface area contributed by atoms with Crippen LogP contribution < -0.4 is 0 Å². The number of hydrogen-bond donors (Lipinski definition) is 0. The second kappa shape index (κ2) is 5.28. The van der Waals surface area contributed by atoms with Crippen LogP contribution in [-0.4, -0.2) is 14.5 Å². The van der Waals surface area contributed by atoms with Crippen molar-refractivity contribution in [2.75, 3.05) is 0 Å². The zero-order chi connectivity index (χ0) is 15.9. The zero-order valence-corrected chi connectivity index (χ0v) is 12.2. The van der Waals surface area contributed by atoms with E-state index in [-0.39, 0.29) is 10.5 Å². The van der Waals surface area contributed by atoms with Gasteiger partial charge < -0.3 is 0 Å². The van der Waals surface area contributed by atoms with Gasteiger partial charge in [-0.1, -0.05) is 18.5 Å². The van der Waals surface area contributed by atoms with E-state index < -0.39 is 11.7 Å². The Balaban J connectivity index is 2.32. The Bertz CT molecular complexity index is 825. The highest BCUT2D eigenvalue weighted by Gasteiger charge is 2.34. The summed E-state index contributed by atoms with van der Waals surface area (Å²) in [6, 6.07) is 5.67. The summed E-state index contributed by atoms with van der Waals surface area (Å²) < 4.78 is 40.6. The van der Waals surface area contributed by atoms with E-state index in [0.717, 1.165) is 6.07 Å². The van der Waals surface area contributed by atoms with Gasteiger partial charge in [0.25, 0.3) is 0 Å². The largest absolute Gasteiger partial charge is 0.417 e. The van der Waals surface area contributed by atoms with Gasteiger partial charge >= 0.3 is 6.18 Å². The smallest absolute Gasteiger partial charge is 0.295 e. The third kappa shape index (κ3) is 2.43. The summed E-state index contributed by atoms with van der Waals surface area (Å²) in [7, 11) is 0. The van der Waals surface area contributed by atoms with Gasteiger partial charge in [0.1, 0.15) is 5.82 Å². The number of fused-ring (bicyclic) bond motifs is 1. The molecule has 0 amide bonds. The van der Waals surface area contributed by atoms with E-state index in [1.165, 1.54) is 6.07 Å². The van der Waals surface area contributed by atoms with E-state index in [1.807, 2.05) is 6.92 Å². The molecule has 113 valence electrons. The van der Waals surface area contributed by atoms with E-state index in [9.17, 15) is 13.2 Å². The minimum Gasteiger partial charge on any atom is -0.295 e. The van der Waals surface area contributed by atoms with Gasteiger partial charge in [0, 0.05) is 6.42 Å². The summed E-state index contributed by atoms with van der Waals surface area (Å²) in [4.78, 5) is 8.20. The molecular weight excluding hydrogens is 315 g/mol. The monoisotopic (exact) mass is 324 g/mol. The number of halogens is 4. The molecular formula is C15H10ClF3N3. The summed E-state index contributed by atoms with van der Waals surface area (Å²) in [5.41, 5.74) is 0.590. The fourth-order valence-corrected chi connectivity index (χ4v) is 2.60. The number of nitrogens with zero attached hydrogens (tertiary/aromatic N) is 3. The lowest BCUT2D eigenvalue weighted by atomic mass is 10.2. The summed E-state index contributed by atoms with van der Waals surface area (Å²) in [6.45, 7) is 1.88. The number of benzene rings is 1. The molecule has 2 heterocycles. The van der Waals surface area contributed by atoms with Crippen molar-refractivity contribution in [2.24, 2.45) is 0 Å². The molecule has 0 aliphatic carbocycles. The van der Waals surface area contributed by atoms with E-state index >= 15 is 0 Å². The van der Waals surface area contributed by atoms with Crippen LogP contribution >= 0.6 is 11.6 Å². The summed E-state index contributed by atoms with van der Waals surface area (Å²) in [5.74, 6) is 0.637. The van der Waals surface area contributed by atoms with Gasteiger partial charge in [-0.05, 0) is 24.3 Å². The van der Waals surface area contributed by atoms with E-state index in [1.54, 1.807) is 22.9 Å². The van der Waals surface area contributed by atoms with Crippen molar-refractivity contribution in [1.82, 2.24) is 14.5 Å². The van der Waals surface area contributed by atoms with Crippen molar-refractivity contribution in [3.63, 3.8) is 0 Å². The predicted octanol–water partition coefficient (Wildman–Crippen LogP) is 4.46. The maximum Gasteiger partial charge on any atom is 0.417 e. The van der Waals surface area contributed by atoms with Gasteiger partial charge in [-0.25, -0.2) is 4.98 Å². The number of hydrogen-bond acceptors (Lipinski definition) is 2. The molecule has 0 saturated heterocycles. The van der Waals surface area contributed by atoms with E-state index in [0.29, 0.717) is 23.4 Å². The minimum absolute atomic E-state index is 0.251. The molecule has 3 aromatic rings. The number of alkyl halides is 3. The molecule has 0 atom stereocenters. The molecule has 0 aliphatic heterocycles. The van der Waals surface area contributed by atoms with Gasteiger partial charge in [-0.2, -0.15) is 13.2 Å². The Morgan fingerprint density at radius 2 is 2.09 bits per heavy atom. The molecule has 2 aromatic heterocycles. The molecule has 0 unspecified atom stereocenters. The van der Waals surface area contributed by atoms with Crippen LogP contribution in [-0.2, 0) is 12.6 Å². The number of aryl methyl sites for hydroxylation is 1. The van der Waals surface area contributed by atoms with Crippen LogP contribution in [0.3, 0.4) is 0 Å². The fraction of sp³-hybridized carbons (Fsp3) is 0.200. The number of aromatic nitrogens is 3. The average molecular weight is 325 g/mol. The van der Waals surface area contributed by atoms with Crippen LogP contribution in [0.25, 0.3) is 16.7 Å². The van der Waals surface area contributed by atoms with Crippen LogP contribution in [0.1, 0.15) is 18.3 Å². The first-order valence-corrected chi connectivity index (χ1v) is 6.90. The SMILES string of the molecule is CCc1nc2cc(C(F)(F)F)c(Cl)cc2n1-c1cc[c]nc1. The van der Waals surface area contributed by atoms with Crippen molar-refractivity contribution >= 4 is 22.6 Å². The normalized spacial score (nSPS) is 12.0. The molecule has 1 radical (unpaired) electrons. The van der Waals surface area contributed by atoms with Crippen molar-refractivity contribution in [3.05, 3.63) is 53.1 Å². The van der Waals surface area contributed by atoms with Gasteiger partial charge in [-0.3, -0.25) is 9.55 Å². The van der Waals surface area contributed by atoms with Crippen molar-refractivity contribution in [3.8, 4) is 5.69 Å². The Morgan fingerprint density at radius 1 is 1.32 bits per heavy atom. The maximum absolute atomic E-state index is 13.0. The quantitative estimate of drug-likeness (QED) is 0.697. The van der Waals surface area contributed by atoms with Crippen molar-refractivity contribution in [2.45, 2.75) is 19.5 Å². The molecule has 3 nitrogen and oxygen atoms in total. The standard InChI is InChI=1S/C15H10ClF3N3/c1-2-14-21-12-6-10(15(17,18)19)11(16)7-13(12)22(14)9-4-3-5-20-8-9/h3-4,6-8H,2H2,1H3. The molecule has 0 spiro atoms. The minimum atomic E-state index is -4.51. The highest BCUT2D eigenvalue weighted by atomic mass is 35.5. The molecule has 0 bridgehead atoms. The van der Waals surface area contributed by atoms with Gasteiger partial charge in [0.15, 0.2) is 0 Å². The Hall–Kier alpha value is -2.08. The number of rotatable bonds is 2. The predicted molar refractivity (Wildman–Crippen MR) is 77.1 cm³/mol. The average Bonchev–Trinajstić information content (AvgIpc) is 2.83. The highest BCUT2D eigenvalue weighted by molar-refractivity contribution is 6.32. The molecule has 0 fully saturated rings. The molecule has 0 aliphatic rings. The third-order valence-corrected chi connectivity index (χ3v) is 3.61. The molecule has 7 heteroatoms. The summed E-state index contributed by atoms with van der Waals surface area (Å²) in [6.07, 6.45) is 0.290. The molecule has 0 saturated carbocycles. The van der Waals surface area contributed by atoms with Crippen LogP contribution in [0.5, 0.6) is 0 Å². The van der Waals surface area contributed by atoms with Crippen LogP contribution in [0.4, 0.5) is 13.2 Å². The Kier molecular flexibility index (Phi) is 3.56. The van der Waals surface area contributed by atoms with E-state index in [4.69, 9.17) is 11.6 Å².